The number of carbonyl (C=O) groups excluding carboxylic acids is 2. The van der Waals surface area contributed by atoms with Crippen LogP contribution in [-0.2, 0) is 33.1 Å². The van der Waals surface area contributed by atoms with E-state index in [2.05, 4.69) is 10.4 Å². The molecule has 1 atom stereocenters. The van der Waals surface area contributed by atoms with E-state index in [0.29, 0.717) is 94.4 Å². The zero-order valence-corrected chi connectivity index (χ0v) is 30.0. The van der Waals surface area contributed by atoms with Gasteiger partial charge in [0.2, 0.25) is 10.0 Å². The third kappa shape index (κ3) is 7.42. The number of piperazine rings is 1. The Balaban J connectivity index is 1.27. The number of ether oxygens (including phenoxy) is 2. The second-order valence-corrected chi connectivity index (χ2v) is 15.2. The first-order valence-corrected chi connectivity index (χ1v) is 19.1. The van der Waals surface area contributed by atoms with E-state index in [9.17, 15) is 22.8 Å². The number of amides is 2. The summed E-state index contributed by atoms with van der Waals surface area (Å²) in [6, 6.07) is 16.0. The topological polar surface area (TPSA) is 153 Å². The van der Waals surface area contributed by atoms with Crippen molar-refractivity contribution >= 4 is 21.8 Å². The van der Waals surface area contributed by atoms with Crippen LogP contribution in [0.3, 0.4) is 0 Å². The molecule has 2 aromatic carbocycles. The van der Waals surface area contributed by atoms with Crippen LogP contribution < -0.4 is 15.7 Å². The van der Waals surface area contributed by atoms with Gasteiger partial charge in [-0.1, -0.05) is 42.5 Å². The highest BCUT2D eigenvalue weighted by atomic mass is 32.2. The molecular weight excluding hydrogens is 689 g/mol. The number of hydrogen-bond acceptors (Lipinski definition) is 9. The van der Waals surface area contributed by atoms with Gasteiger partial charge in [0.1, 0.15) is 16.3 Å². The lowest BCUT2D eigenvalue weighted by Crippen LogP contribution is -2.47. The van der Waals surface area contributed by atoms with Crippen LogP contribution in [0.2, 0.25) is 0 Å². The number of rotatable bonds is 10. The standard InChI is InChI=1S/C36H44N8O7S/c1-39-25-31(22-38-39)52(48,49)42-14-6-10-29(24-42)44-33(28-8-3-2-4-9-28)34(35(46)41-15-12-37-13-16-41)43(36(44)47)23-27-7-5-11-30(21-27)51-26-32(45)40-17-19-50-20-18-40/h2-5,7-9,11,21-22,25,29,37H,6,10,12-20,23-24,26H2,1H3. The first-order chi connectivity index (χ1) is 25.2. The van der Waals surface area contributed by atoms with Crippen LogP contribution >= 0.6 is 0 Å². The molecule has 0 aliphatic carbocycles. The van der Waals surface area contributed by atoms with Crippen molar-refractivity contribution in [2.45, 2.75) is 30.3 Å². The summed E-state index contributed by atoms with van der Waals surface area (Å²) in [5, 5.41) is 7.35. The Labute approximate surface area is 302 Å². The lowest BCUT2D eigenvalue weighted by molar-refractivity contribution is -0.137. The van der Waals surface area contributed by atoms with Crippen LogP contribution in [0.15, 0.2) is 76.7 Å². The van der Waals surface area contributed by atoms with E-state index >= 15 is 0 Å². The summed E-state index contributed by atoms with van der Waals surface area (Å²) >= 11 is 0. The van der Waals surface area contributed by atoms with Crippen molar-refractivity contribution in [3.05, 3.63) is 88.7 Å². The summed E-state index contributed by atoms with van der Waals surface area (Å²) in [5.41, 5.74) is 1.69. The number of sulfonamides is 1. The number of hydrogen-bond donors (Lipinski definition) is 1. The number of benzene rings is 2. The molecule has 0 spiro atoms. The lowest BCUT2D eigenvalue weighted by Gasteiger charge is -2.33. The van der Waals surface area contributed by atoms with E-state index in [1.807, 2.05) is 36.4 Å². The maximum Gasteiger partial charge on any atom is 0.329 e. The quantitative estimate of drug-likeness (QED) is 0.255. The molecule has 2 aromatic heterocycles. The fourth-order valence-corrected chi connectivity index (χ4v) is 8.65. The monoisotopic (exact) mass is 732 g/mol. The largest absolute Gasteiger partial charge is 0.484 e. The number of imidazole rings is 1. The van der Waals surface area contributed by atoms with Gasteiger partial charge < -0.3 is 24.6 Å². The Morgan fingerprint density at radius 3 is 2.48 bits per heavy atom. The van der Waals surface area contributed by atoms with E-state index < -0.39 is 21.8 Å². The fraction of sp³-hybridized carbons (Fsp3) is 0.444. The first-order valence-electron chi connectivity index (χ1n) is 17.7. The molecule has 52 heavy (non-hydrogen) atoms. The molecule has 0 saturated carbocycles. The average Bonchev–Trinajstić information content (AvgIpc) is 3.75. The maximum absolute atomic E-state index is 14.8. The average molecular weight is 733 g/mol. The Morgan fingerprint density at radius 1 is 0.981 bits per heavy atom. The van der Waals surface area contributed by atoms with E-state index in [4.69, 9.17) is 9.47 Å². The summed E-state index contributed by atoms with van der Waals surface area (Å²) in [7, 11) is -2.22. The fourth-order valence-electron chi connectivity index (χ4n) is 7.15. The molecule has 0 radical (unpaired) electrons. The zero-order chi connectivity index (χ0) is 36.2. The number of nitrogens with one attached hydrogen (secondary N) is 1. The molecule has 4 aromatic rings. The SMILES string of the molecule is Cn1cc(S(=O)(=O)N2CCCC(n3c(-c4ccccc4)c(C(=O)N4CCNCC4)n(Cc4cccc(OCC(=O)N5CCOCC5)c4)c3=O)C2)cn1. The van der Waals surface area contributed by atoms with Crippen LogP contribution in [0.5, 0.6) is 5.75 Å². The predicted molar refractivity (Wildman–Crippen MR) is 192 cm³/mol. The normalized spacial score (nSPS) is 18.8. The van der Waals surface area contributed by atoms with E-state index in [1.54, 1.807) is 39.6 Å². The highest BCUT2D eigenvalue weighted by molar-refractivity contribution is 7.89. The summed E-state index contributed by atoms with van der Waals surface area (Å²) in [5.74, 6) is 0.0641. The highest BCUT2D eigenvalue weighted by Gasteiger charge is 2.37. The Morgan fingerprint density at radius 2 is 1.75 bits per heavy atom. The van der Waals surface area contributed by atoms with Crippen molar-refractivity contribution in [2.24, 2.45) is 7.05 Å². The van der Waals surface area contributed by atoms with Crippen LogP contribution in [0, 0.1) is 0 Å². The molecule has 3 aliphatic heterocycles. The molecule has 5 heterocycles. The molecule has 3 fully saturated rings. The van der Waals surface area contributed by atoms with Crippen LogP contribution in [0.25, 0.3) is 11.3 Å². The Kier molecular flexibility index (Phi) is 10.6. The van der Waals surface area contributed by atoms with Gasteiger partial charge >= 0.3 is 5.69 Å². The number of morpholine rings is 1. The number of nitrogens with zero attached hydrogens (tertiary/aromatic N) is 7. The third-order valence-corrected chi connectivity index (χ3v) is 11.7. The Bertz CT molecular complexity index is 2060. The molecular formula is C36H44N8O7S. The number of carbonyl (C=O) groups is 2. The smallest absolute Gasteiger partial charge is 0.329 e. The van der Waals surface area contributed by atoms with Gasteiger partial charge in [0.15, 0.2) is 6.61 Å². The van der Waals surface area contributed by atoms with Crippen molar-refractivity contribution in [2.75, 3.05) is 72.2 Å². The van der Waals surface area contributed by atoms with Gasteiger partial charge in [0.05, 0.1) is 37.7 Å². The molecule has 0 bridgehead atoms. The van der Waals surface area contributed by atoms with Gasteiger partial charge in [0.25, 0.3) is 11.8 Å². The van der Waals surface area contributed by atoms with Crippen molar-refractivity contribution in [3.63, 3.8) is 0 Å². The van der Waals surface area contributed by atoms with Crippen molar-refractivity contribution in [1.29, 1.82) is 0 Å². The first kappa shape index (κ1) is 35.6. The molecule has 1 unspecified atom stereocenters. The molecule has 7 rings (SSSR count). The number of piperidine rings is 1. The number of aryl methyl sites for hydroxylation is 1. The lowest BCUT2D eigenvalue weighted by atomic mass is 10.0. The van der Waals surface area contributed by atoms with Crippen molar-refractivity contribution in [3.8, 4) is 17.0 Å². The summed E-state index contributed by atoms with van der Waals surface area (Å²) in [6.45, 7) is 4.52. The molecule has 3 aliphatic rings. The molecule has 3 saturated heterocycles. The second kappa shape index (κ2) is 15.5. The van der Waals surface area contributed by atoms with E-state index in [-0.39, 0.29) is 42.1 Å². The van der Waals surface area contributed by atoms with Gasteiger partial charge in [0, 0.05) is 71.2 Å². The van der Waals surface area contributed by atoms with Crippen molar-refractivity contribution < 1.29 is 27.5 Å². The molecule has 1 N–H and O–H groups in total. The van der Waals surface area contributed by atoms with Gasteiger partial charge in [-0.05, 0) is 30.5 Å². The maximum atomic E-state index is 14.8. The summed E-state index contributed by atoms with van der Waals surface area (Å²) in [6.07, 6.45) is 3.87. The van der Waals surface area contributed by atoms with Crippen LogP contribution in [-0.4, -0.2) is 125 Å². The highest BCUT2D eigenvalue weighted by Crippen LogP contribution is 2.33. The minimum absolute atomic E-state index is 0.0534. The van der Waals surface area contributed by atoms with Crippen LogP contribution in [0.4, 0.5) is 0 Å². The number of aromatic nitrogens is 4. The van der Waals surface area contributed by atoms with Gasteiger partial charge in [-0.25, -0.2) is 13.2 Å². The predicted octanol–water partition coefficient (Wildman–Crippen LogP) is 1.41. The summed E-state index contributed by atoms with van der Waals surface area (Å²) < 4.78 is 44.7. The summed E-state index contributed by atoms with van der Waals surface area (Å²) in [4.78, 5) is 45.8. The molecule has 15 nitrogen and oxygen atoms in total. The zero-order valence-electron chi connectivity index (χ0n) is 29.2. The molecule has 276 valence electrons. The minimum atomic E-state index is -3.88. The third-order valence-electron chi connectivity index (χ3n) is 9.83. The second-order valence-electron chi connectivity index (χ2n) is 13.3. The Hall–Kier alpha value is -4.77. The van der Waals surface area contributed by atoms with Gasteiger partial charge in [-0.3, -0.25) is 23.4 Å². The minimum Gasteiger partial charge on any atom is -0.484 e. The molecule has 16 heteroatoms. The molecule has 2 amide bonds. The van der Waals surface area contributed by atoms with Gasteiger partial charge in [-0.15, -0.1) is 0 Å². The van der Waals surface area contributed by atoms with Crippen molar-refractivity contribution in [1.82, 2.24) is 38.3 Å². The van der Waals surface area contributed by atoms with E-state index in [1.165, 1.54) is 25.9 Å². The van der Waals surface area contributed by atoms with Gasteiger partial charge in [-0.2, -0.15) is 9.40 Å². The van der Waals surface area contributed by atoms with Crippen LogP contribution in [0.1, 0.15) is 34.9 Å². The van der Waals surface area contributed by atoms with E-state index in [0.717, 1.165) is 0 Å².